The van der Waals surface area contributed by atoms with Crippen LogP contribution < -0.4 is 4.90 Å². The van der Waals surface area contributed by atoms with E-state index in [1.807, 2.05) is 48.5 Å². The Labute approximate surface area is 182 Å². The third kappa shape index (κ3) is 3.49. The second-order valence-electron chi connectivity index (χ2n) is 6.88. The van der Waals surface area contributed by atoms with Crippen molar-refractivity contribution in [2.45, 2.75) is 6.54 Å². The van der Waals surface area contributed by atoms with Crippen LogP contribution in [-0.2, 0) is 6.54 Å². The Kier molecular flexibility index (Phi) is 4.92. The number of nitro groups is 1. The van der Waals surface area contributed by atoms with Gasteiger partial charge in [-0.25, -0.2) is 15.0 Å². The van der Waals surface area contributed by atoms with Crippen molar-refractivity contribution in [2.24, 2.45) is 0 Å². The van der Waals surface area contributed by atoms with Gasteiger partial charge in [0.15, 0.2) is 0 Å². The first kappa shape index (κ1) is 19.2. The number of para-hydroxylation sites is 1. The van der Waals surface area contributed by atoms with Crippen molar-refractivity contribution < 1.29 is 4.92 Å². The summed E-state index contributed by atoms with van der Waals surface area (Å²) in [5.41, 5.74) is 1.86. The summed E-state index contributed by atoms with van der Waals surface area (Å²) in [6, 6.07) is 22.2. The van der Waals surface area contributed by atoms with E-state index in [0.29, 0.717) is 23.4 Å². The highest BCUT2D eigenvalue weighted by Gasteiger charge is 2.30. The molecule has 10 nitrogen and oxygen atoms in total. The number of pyridine rings is 1. The fourth-order valence-electron chi connectivity index (χ4n) is 3.45. The van der Waals surface area contributed by atoms with Crippen LogP contribution in [0.3, 0.4) is 0 Å². The maximum absolute atomic E-state index is 12.3. The van der Waals surface area contributed by atoms with Crippen molar-refractivity contribution in [1.29, 1.82) is 0 Å². The number of benzene rings is 2. The molecule has 2 aromatic carbocycles. The van der Waals surface area contributed by atoms with Crippen LogP contribution in [0.2, 0.25) is 0 Å². The summed E-state index contributed by atoms with van der Waals surface area (Å²) >= 11 is 0. The largest absolute Gasteiger partial charge is 0.356 e. The minimum atomic E-state index is -0.498. The maximum atomic E-state index is 12.3. The highest BCUT2D eigenvalue weighted by molar-refractivity contribution is 5.78. The van der Waals surface area contributed by atoms with E-state index in [9.17, 15) is 10.1 Å². The Morgan fingerprint density at radius 3 is 2.47 bits per heavy atom. The third-order valence-corrected chi connectivity index (χ3v) is 4.88. The Morgan fingerprint density at radius 1 is 0.906 bits per heavy atom. The number of anilines is 2. The Hall–Kier alpha value is -4.73. The molecule has 32 heavy (non-hydrogen) atoms. The van der Waals surface area contributed by atoms with Crippen LogP contribution in [0.25, 0.3) is 16.9 Å². The van der Waals surface area contributed by atoms with Gasteiger partial charge in [-0.1, -0.05) is 53.7 Å². The van der Waals surface area contributed by atoms with Crippen molar-refractivity contribution in [3.63, 3.8) is 0 Å². The lowest BCUT2D eigenvalue weighted by Gasteiger charge is -2.23. The SMILES string of the molecule is O=[N+]([O-])c1c(N(Cc2ccccc2)c2ccccn2)ncnc1-n1nnc2ccccc21. The molecule has 0 atom stereocenters. The molecule has 0 N–H and O–H groups in total. The molecule has 0 aliphatic heterocycles. The average molecular weight is 424 g/mol. The molecule has 5 aromatic rings. The molecule has 0 aliphatic carbocycles. The molecule has 0 fully saturated rings. The molecule has 0 spiro atoms. The standard InChI is InChI=1S/C22H16N8O2/c31-30(32)20-21(24-15-25-22(20)29-18-11-5-4-10-17(18)26-27-29)28(19-12-6-7-13-23-19)14-16-8-2-1-3-9-16/h1-13,15H,14H2. The summed E-state index contributed by atoms with van der Waals surface area (Å²) < 4.78 is 1.36. The van der Waals surface area contributed by atoms with E-state index in [-0.39, 0.29) is 17.3 Å². The fraction of sp³-hybridized carbons (Fsp3) is 0.0455. The molecular formula is C22H16N8O2. The van der Waals surface area contributed by atoms with Crippen LogP contribution in [0.4, 0.5) is 17.3 Å². The van der Waals surface area contributed by atoms with E-state index in [0.717, 1.165) is 5.56 Å². The zero-order chi connectivity index (χ0) is 21.9. The monoisotopic (exact) mass is 424 g/mol. The van der Waals surface area contributed by atoms with E-state index < -0.39 is 4.92 Å². The van der Waals surface area contributed by atoms with Crippen LogP contribution in [0.15, 0.2) is 85.3 Å². The molecule has 0 amide bonds. The van der Waals surface area contributed by atoms with Crippen LogP contribution in [0.5, 0.6) is 0 Å². The molecule has 3 heterocycles. The highest BCUT2D eigenvalue weighted by atomic mass is 16.6. The van der Waals surface area contributed by atoms with Gasteiger partial charge in [-0.15, -0.1) is 5.10 Å². The van der Waals surface area contributed by atoms with E-state index >= 15 is 0 Å². The molecule has 3 aromatic heterocycles. The first-order valence-electron chi connectivity index (χ1n) is 9.75. The number of hydrogen-bond acceptors (Lipinski definition) is 8. The van der Waals surface area contributed by atoms with E-state index in [4.69, 9.17) is 0 Å². The molecule has 0 aliphatic rings. The predicted molar refractivity (Wildman–Crippen MR) is 118 cm³/mol. The Morgan fingerprint density at radius 2 is 1.69 bits per heavy atom. The number of rotatable bonds is 6. The van der Waals surface area contributed by atoms with Crippen molar-refractivity contribution >= 4 is 28.4 Å². The smallest absolute Gasteiger partial charge is 0.301 e. The molecule has 5 rings (SSSR count). The average Bonchev–Trinajstić information content (AvgIpc) is 3.27. The first-order chi connectivity index (χ1) is 15.7. The van der Waals surface area contributed by atoms with Gasteiger partial charge in [0.25, 0.3) is 0 Å². The van der Waals surface area contributed by atoms with Gasteiger partial charge in [0.05, 0.1) is 17.0 Å². The molecule has 0 saturated heterocycles. The molecule has 0 radical (unpaired) electrons. The van der Waals surface area contributed by atoms with Crippen LogP contribution in [-0.4, -0.2) is 34.9 Å². The van der Waals surface area contributed by atoms with Crippen molar-refractivity contribution in [3.05, 3.63) is 101 Å². The zero-order valence-electron chi connectivity index (χ0n) is 16.7. The number of hydrogen-bond donors (Lipinski definition) is 0. The summed E-state index contributed by atoms with van der Waals surface area (Å²) in [7, 11) is 0. The van der Waals surface area contributed by atoms with Crippen molar-refractivity contribution in [2.75, 3.05) is 4.90 Å². The van der Waals surface area contributed by atoms with Crippen LogP contribution in [0, 0.1) is 10.1 Å². The van der Waals surface area contributed by atoms with Gasteiger partial charge in [0, 0.05) is 6.20 Å². The lowest BCUT2D eigenvalue weighted by Crippen LogP contribution is -2.21. The number of nitrogens with zero attached hydrogens (tertiary/aromatic N) is 8. The zero-order valence-corrected chi connectivity index (χ0v) is 16.7. The summed E-state index contributed by atoms with van der Waals surface area (Å²) in [6.07, 6.45) is 2.92. The third-order valence-electron chi connectivity index (χ3n) is 4.88. The predicted octanol–water partition coefficient (Wildman–Crippen LogP) is 3.85. The van der Waals surface area contributed by atoms with Crippen LogP contribution >= 0.6 is 0 Å². The van der Waals surface area contributed by atoms with Crippen LogP contribution in [0.1, 0.15) is 5.56 Å². The second kappa shape index (κ2) is 8.19. The van der Waals surface area contributed by atoms with E-state index in [2.05, 4.69) is 25.3 Å². The van der Waals surface area contributed by atoms with Gasteiger partial charge >= 0.3 is 5.69 Å². The number of fused-ring (bicyclic) bond motifs is 1. The Balaban J connectivity index is 1.71. The summed E-state index contributed by atoms with van der Waals surface area (Å²) in [4.78, 5) is 26.4. The van der Waals surface area contributed by atoms with E-state index in [1.54, 1.807) is 35.4 Å². The lowest BCUT2D eigenvalue weighted by molar-refractivity contribution is -0.384. The molecular weight excluding hydrogens is 408 g/mol. The van der Waals surface area contributed by atoms with Gasteiger partial charge in [-0.2, -0.15) is 4.68 Å². The van der Waals surface area contributed by atoms with Crippen molar-refractivity contribution in [1.82, 2.24) is 29.9 Å². The maximum Gasteiger partial charge on any atom is 0.356 e. The molecule has 10 heteroatoms. The Bertz CT molecular complexity index is 1390. The van der Waals surface area contributed by atoms with Gasteiger partial charge in [-0.3, -0.25) is 10.1 Å². The summed E-state index contributed by atoms with van der Waals surface area (Å²) in [5, 5.41) is 20.5. The molecule has 0 saturated carbocycles. The molecule has 0 unspecified atom stereocenters. The summed E-state index contributed by atoms with van der Waals surface area (Å²) in [5.74, 6) is 0.664. The highest BCUT2D eigenvalue weighted by Crippen LogP contribution is 2.35. The lowest BCUT2D eigenvalue weighted by atomic mass is 10.2. The minimum Gasteiger partial charge on any atom is -0.301 e. The molecule has 0 bridgehead atoms. The first-order valence-corrected chi connectivity index (χ1v) is 9.75. The van der Waals surface area contributed by atoms with E-state index in [1.165, 1.54) is 11.0 Å². The van der Waals surface area contributed by atoms with Gasteiger partial charge in [0.2, 0.25) is 11.6 Å². The van der Waals surface area contributed by atoms with Gasteiger partial charge in [-0.05, 0) is 29.8 Å². The molecule has 156 valence electrons. The topological polar surface area (TPSA) is 116 Å². The van der Waals surface area contributed by atoms with Gasteiger partial charge < -0.3 is 4.90 Å². The van der Waals surface area contributed by atoms with Gasteiger partial charge in [0.1, 0.15) is 17.7 Å². The quantitative estimate of drug-likeness (QED) is 0.298. The number of aromatic nitrogens is 6. The normalized spacial score (nSPS) is 10.9. The summed E-state index contributed by atoms with van der Waals surface area (Å²) in [6.45, 7) is 0.327. The fourth-order valence-corrected chi connectivity index (χ4v) is 3.45. The second-order valence-corrected chi connectivity index (χ2v) is 6.88. The van der Waals surface area contributed by atoms with Crippen molar-refractivity contribution in [3.8, 4) is 5.82 Å². The minimum absolute atomic E-state index is 0.0303.